The molecule has 4 rings (SSSR count). The molecule has 2 aromatic heterocycles. The van der Waals surface area contributed by atoms with Crippen molar-refractivity contribution in [2.45, 2.75) is 32.9 Å². The molecule has 0 saturated heterocycles. The van der Waals surface area contributed by atoms with E-state index in [-0.39, 0.29) is 17.4 Å². The third-order valence-corrected chi connectivity index (χ3v) is 5.38. The zero-order chi connectivity index (χ0) is 19.3. The average Bonchev–Trinajstić information content (AvgIpc) is 3.01. The third-order valence-electron chi connectivity index (χ3n) is 5.38. The van der Waals surface area contributed by atoms with Crippen molar-refractivity contribution < 1.29 is 4.74 Å². The third kappa shape index (κ3) is 2.67. The summed E-state index contributed by atoms with van der Waals surface area (Å²) in [6.45, 7) is 5.58. The minimum absolute atomic E-state index is 0.128. The fourth-order valence-corrected chi connectivity index (χ4v) is 4.17. The Hall–Kier alpha value is -2.60. The molecule has 0 spiro atoms. The molecule has 142 valence electrons. The number of fused-ring (bicyclic) bond motifs is 3. The summed E-state index contributed by atoms with van der Waals surface area (Å²) >= 11 is 0. The Morgan fingerprint density at radius 1 is 1.11 bits per heavy atom. The lowest BCUT2D eigenvalue weighted by Crippen LogP contribution is -2.37. The van der Waals surface area contributed by atoms with Gasteiger partial charge in [-0.15, -0.1) is 0 Å². The fraction of sp³-hybridized carbons (Fsp3) is 0.429. The SMILES string of the molecule is CC(C)C[C@@H]1OCCn2c(-c3ccccc3)c3c(=O)n(C)c(=O)n(C)c3c21. The second-order valence-electron chi connectivity index (χ2n) is 7.67. The molecule has 1 atom stereocenters. The number of ether oxygens (including phenoxy) is 1. The smallest absolute Gasteiger partial charge is 0.331 e. The van der Waals surface area contributed by atoms with Crippen LogP contribution in [0.5, 0.6) is 0 Å². The summed E-state index contributed by atoms with van der Waals surface area (Å²) in [5.41, 5.74) is 2.95. The van der Waals surface area contributed by atoms with Gasteiger partial charge in [0.25, 0.3) is 5.56 Å². The van der Waals surface area contributed by atoms with Crippen LogP contribution in [0.1, 0.15) is 32.1 Å². The Bertz CT molecular complexity index is 1120. The summed E-state index contributed by atoms with van der Waals surface area (Å²) in [5, 5.41) is 0.597. The summed E-state index contributed by atoms with van der Waals surface area (Å²) in [5.74, 6) is 0.440. The van der Waals surface area contributed by atoms with Crippen molar-refractivity contribution in [2.75, 3.05) is 6.61 Å². The maximum Gasteiger partial charge on any atom is 0.331 e. The van der Waals surface area contributed by atoms with Gasteiger partial charge in [-0.1, -0.05) is 44.2 Å². The van der Waals surface area contributed by atoms with Crippen LogP contribution in [0.4, 0.5) is 0 Å². The fourth-order valence-electron chi connectivity index (χ4n) is 4.17. The van der Waals surface area contributed by atoms with Crippen LogP contribution in [0.25, 0.3) is 22.2 Å². The van der Waals surface area contributed by atoms with Crippen molar-refractivity contribution in [3.8, 4) is 11.3 Å². The van der Waals surface area contributed by atoms with Gasteiger partial charge in [0.1, 0.15) is 0 Å². The van der Waals surface area contributed by atoms with Crippen molar-refractivity contribution in [1.29, 1.82) is 0 Å². The normalized spacial score (nSPS) is 16.9. The van der Waals surface area contributed by atoms with E-state index in [4.69, 9.17) is 4.74 Å². The number of aryl methyl sites for hydroxylation is 1. The molecule has 27 heavy (non-hydrogen) atoms. The van der Waals surface area contributed by atoms with E-state index in [9.17, 15) is 9.59 Å². The molecule has 6 nitrogen and oxygen atoms in total. The van der Waals surface area contributed by atoms with Gasteiger partial charge in [0, 0.05) is 20.6 Å². The highest BCUT2D eigenvalue weighted by Crippen LogP contribution is 2.39. The van der Waals surface area contributed by atoms with Crippen molar-refractivity contribution in [1.82, 2.24) is 13.7 Å². The Morgan fingerprint density at radius 2 is 1.81 bits per heavy atom. The first-order valence-corrected chi connectivity index (χ1v) is 9.41. The van der Waals surface area contributed by atoms with Gasteiger partial charge < -0.3 is 9.30 Å². The molecule has 3 aromatic rings. The first kappa shape index (κ1) is 17.8. The first-order valence-electron chi connectivity index (χ1n) is 9.41. The summed E-state index contributed by atoms with van der Waals surface area (Å²) in [6.07, 6.45) is 0.716. The lowest BCUT2D eigenvalue weighted by atomic mass is 10.0. The molecular formula is C21H25N3O3. The van der Waals surface area contributed by atoms with Gasteiger partial charge in [-0.25, -0.2) is 4.79 Å². The summed E-state index contributed by atoms with van der Waals surface area (Å²) in [4.78, 5) is 25.8. The molecule has 0 saturated carbocycles. The second kappa shape index (κ2) is 6.53. The lowest BCUT2D eigenvalue weighted by Gasteiger charge is -2.28. The van der Waals surface area contributed by atoms with E-state index in [1.54, 1.807) is 11.6 Å². The molecule has 0 unspecified atom stereocenters. The molecule has 3 heterocycles. The van der Waals surface area contributed by atoms with Crippen LogP contribution in [-0.4, -0.2) is 20.3 Å². The minimum atomic E-state index is -0.311. The standard InChI is InChI=1S/C21H25N3O3/c1-13(2)12-15-18-19-16(20(25)23(4)21(26)22(19)3)17(24(18)10-11-27-15)14-8-6-5-7-9-14/h5-9,13,15H,10-12H2,1-4H3/t15-/m0/s1. The number of hydrogen-bond donors (Lipinski definition) is 0. The predicted octanol–water partition coefficient (Wildman–Crippen LogP) is 2.82. The molecule has 0 bridgehead atoms. The van der Waals surface area contributed by atoms with E-state index >= 15 is 0 Å². The molecule has 6 heteroatoms. The zero-order valence-corrected chi connectivity index (χ0v) is 16.2. The number of aromatic nitrogens is 3. The van der Waals surface area contributed by atoms with Crippen LogP contribution in [0, 0.1) is 5.92 Å². The monoisotopic (exact) mass is 367 g/mol. The van der Waals surface area contributed by atoms with E-state index in [1.807, 2.05) is 30.3 Å². The number of hydrogen-bond acceptors (Lipinski definition) is 3. The molecule has 1 aliphatic heterocycles. The maximum absolute atomic E-state index is 13.1. The molecular weight excluding hydrogens is 342 g/mol. The van der Waals surface area contributed by atoms with Crippen molar-refractivity contribution in [3.63, 3.8) is 0 Å². The van der Waals surface area contributed by atoms with E-state index in [0.29, 0.717) is 30.0 Å². The largest absolute Gasteiger partial charge is 0.370 e. The van der Waals surface area contributed by atoms with Crippen molar-refractivity contribution >= 4 is 10.9 Å². The van der Waals surface area contributed by atoms with Gasteiger partial charge in [0.15, 0.2) is 0 Å². The summed E-state index contributed by atoms with van der Waals surface area (Å²) < 4.78 is 11.1. The van der Waals surface area contributed by atoms with Crippen molar-refractivity contribution in [2.24, 2.45) is 20.0 Å². The van der Waals surface area contributed by atoms with Crippen LogP contribution in [0.15, 0.2) is 39.9 Å². The second-order valence-corrected chi connectivity index (χ2v) is 7.67. The van der Waals surface area contributed by atoms with Crippen molar-refractivity contribution in [3.05, 3.63) is 56.9 Å². The zero-order valence-electron chi connectivity index (χ0n) is 16.2. The highest BCUT2D eigenvalue weighted by Gasteiger charge is 2.32. The molecule has 1 aliphatic rings. The molecule has 0 amide bonds. The van der Waals surface area contributed by atoms with Gasteiger partial charge >= 0.3 is 5.69 Å². The van der Waals surface area contributed by atoms with E-state index < -0.39 is 0 Å². The molecule has 0 radical (unpaired) electrons. The number of benzene rings is 1. The van der Waals surface area contributed by atoms with E-state index in [2.05, 4.69) is 18.4 Å². The Kier molecular flexibility index (Phi) is 4.30. The minimum Gasteiger partial charge on any atom is -0.370 e. The Labute approximate surface area is 157 Å². The van der Waals surface area contributed by atoms with Gasteiger partial charge in [0.2, 0.25) is 0 Å². The highest BCUT2D eigenvalue weighted by molar-refractivity contribution is 5.96. The van der Waals surface area contributed by atoms with Gasteiger partial charge in [-0.05, 0) is 17.9 Å². The van der Waals surface area contributed by atoms with Crippen LogP contribution in [0.3, 0.4) is 0 Å². The van der Waals surface area contributed by atoms with Crippen LogP contribution >= 0.6 is 0 Å². The van der Waals surface area contributed by atoms with Gasteiger partial charge in [0.05, 0.1) is 35.0 Å². The van der Waals surface area contributed by atoms with Crippen LogP contribution in [0.2, 0.25) is 0 Å². The molecule has 0 aliphatic carbocycles. The van der Waals surface area contributed by atoms with Gasteiger partial charge in [-0.2, -0.15) is 0 Å². The molecule has 0 fully saturated rings. The summed E-state index contributed by atoms with van der Waals surface area (Å²) in [7, 11) is 3.28. The summed E-state index contributed by atoms with van der Waals surface area (Å²) in [6, 6.07) is 9.93. The van der Waals surface area contributed by atoms with E-state index in [1.165, 1.54) is 11.6 Å². The van der Waals surface area contributed by atoms with Crippen LogP contribution in [-0.2, 0) is 25.4 Å². The Balaban J connectivity index is 2.18. The first-order chi connectivity index (χ1) is 12.9. The molecule has 0 N–H and O–H groups in total. The lowest BCUT2D eigenvalue weighted by molar-refractivity contribution is 0.00924. The average molecular weight is 367 g/mol. The number of rotatable bonds is 3. The van der Waals surface area contributed by atoms with Gasteiger partial charge in [-0.3, -0.25) is 13.9 Å². The van der Waals surface area contributed by atoms with E-state index in [0.717, 1.165) is 23.4 Å². The predicted molar refractivity (Wildman–Crippen MR) is 106 cm³/mol. The van der Waals surface area contributed by atoms with Crippen LogP contribution < -0.4 is 11.2 Å². The highest BCUT2D eigenvalue weighted by atomic mass is 16.5. The number of nitrogens with zero attached hydrogens (tertiary/aromatic N) is 3. The topological polar surface area (TPSA) is 58.2 Å². The Morgan fingerprint density at radius 3 is 2.48 bits per heavy atom. The maximum atomic E-state index is 13.1. The quantitative estimate of drug-likeness (QED) is 0.715. The molecule has 1 aromatic carbocycles.